The molecule has 1 N–H and O–H groups in total. The summed E-state index contributed by atoms with van der Waals surface area (Å²) in [4.78, 5) is 39.7. The first kappa shape index (κ1) is 18.4. The van der Waals surface area contributed by atoms with Crippen molar-refractivity contribution in [1.29, 1.82) is 0 Å². The lowest BCUT2D eigenvalue weighted by atomic mass is 10.1. The van der Waals surface area contributed by atoms with Gasteiger partial charge in [-0.3, -0.25) is 14.4 Å². The van der Waals surface area contributed by atoms with E-state index in [1.165, 1.54) is 11.8 Å². The van der Waals surface area contributed by atoms with Crippen molar-refractivity contribution in [2.24, 2.45) is 5.92 Å². The van der Waals surface area contributed by atoms with Crippen LogP contribution in [0.4, 0.5) is 0 Å². The van der Waals surface area contributed by atoms with Crippen LogP contribution >= 0.6 is 23.5 Å². The van der Waals surface area contributed by atoms with Crippen molar-refractivity contribution in [3.63, 3.8) is 0 Å². The molecule has 0 aliphatic carbocycles. The largest absolute Gasteiger partial charge is 0.355 e. The summed E-state index contributed by atoms with van der Waals surface area (Å²) in [5.41, 5.74) is 0. The number of nitrogens with one attached hydrogen (secondary N) is 1. The van der Waals surface area contributed by atoms with E-state index in [0.29, 0.717) is 42.8 Å². The summed E-state index contributed by atoms with van der Waals surface area (Å²) >= 11 is 3.14. The van der Waals surface area contributed by atoms with E-state index in [1.807, 2.05) is 18.1 Å². The molecule has 0 unspecified atom stereocenters. The molecule has 0 radical (unpaired) electrons. The van der Waals surface area contributed by atoms with Crippen LogP contribution in [-0.2, 0) is 14.4 Å². The van der Waals surface area contributed by atoms with Crippen molar-refractivity contribution in [2.75, 3.05) is 43.3 Å². The van der Waals surface area contributed by atoms with Crippen molar-refractivity contribution < 1.29 is 14.4 Å². The Hall–Kier alpha value is -0.890. The molecule has 8 heteroatoms. The van der Waals surface area contributed by atoms with E-state index in [2.05, 4.69) is 5.32 Å². The number of carbonyl (C=O) groups is 3. The molecule has 23 heavy (non-hydrogen) atoms. The minimum Gasteiger partial charge on any atom is -0.355 e. The highest BCUT2D eigenvalue weighted by atomic mass is 32.2. The quantitative estimate of drug-likeness (QED) is 0.753. The average Bonchev–Trinajstić information content (AvgIpc) is 3.21. The number of likely N-dealkylation sites (tertiary alicyclic amines) is 1. The van der Waals surface area contributed by atoms with Crippen molar-refractivity contribution in [3.05, 3.63) is 0 Å². The fourth-order valence-electron chi connectivity index (χ4n) is 2.95. The van der Waals surface area contributed by atoms with Gasteiger partial charge < -0.3 is 15.1 Å². The number of hydrogen-bond acceptors (Lipinski definition) is 5. The number of thioether (sulfide) groups is 2. The third-order valence-electron chi connectivity index (χ3n) is 4.25. The summed E-state index contributed by atoms with van der Waals surface area (Å²) < 4.78 is 0. The van der Waals surface area contributed by atoms with Crippen LogP contribution in [0, 0.1) is 5.92 Å². The standard InChI is InChI=1S/C15H25N3O3S2/c1-3-14(20)18-10-23-8-12(18)15(21)17-5-4-11(7-17)6-16-13(19)9-22-2/h11-12H,3-10H2,1-2H3,(H,16,19)/t11-,12+/m1/s1. The van der Waals surface area contributed by atoms with Gasteiger partial charge >= 0.3 is 0 Å². The molecule has 0 aromatic carbocycles. The summed E-state index contributed by atoms with van der Waals surface area (Å²) in [5, 5.41) is 2.92. The molecule has 0 aromatic rings. The lowest BCUT2D eigenvalue weighted by Gasteiger charge is -2.27. The zero-order chi connectivity index (χ0) is 16.8. The highest BCUT2D eigenvalue weighted by molar-refractivity contribution is 7.99. The van der Waals surface area contributed by atoms with Gasteiger partial charge in [-0.15, -0.1) is 11.8 Å². The molecule has 0 aromatic heterocycles. The van der Waals surface area contributed by atoms with Crippen LogP contribution in [0.15, 0.2) is 0 Å². The van der Waals surface area contributed by atoms with E-state index in [9.17, 15) is 14.4 Å². The molecule has 2 saturated heterocycles. The Morgan fingerprint density at radius 1 is 1.35 bits per heavy atom. The van der Waals surface area contributed by atoms with Crippen molar-refractivity contribution in [2.45, 2.75) is 25.8 Å². The first-order valence-corrected chi connectivity index (χ1v) is 10.5. The van der Waals surface area contributed by atoms with Gasteiger partial charge in [0.1, 0.15) is 6.04 Å². The molecule has 2 fully saturated rings. The fourth-order valence-corrected chi connectivity index (χ4v) is 4.48. The van der Waals surface area contributed by atoms with E-state index in [4.69, 9.17) is 0 Å². The van der Waals surface area contributed by atoms with Gasteiger partial charge in [0, 0.05) is 31.8 Å². The Balaban J connectivity index is 1.82. The summed E-state index contributed by atoms with van der Waals surface area (Å²) in [6, 6.07) is -0.308. The Morgan fingerprint density at radius 2 is 2.13 bits per heavy atom. The minimum absolute atomic E-state index is 0.0495. The van der Waals surface area contributed by atoms with Crippen LogP contribution in [0.1, 0.15) is 19.8 Å². The van der Waals surface area contributed by atoms with Crippen LogP contribution in [0.5, 0.6) is 0 Å². The number of amides is 3. The van der Waals surface area contributed by atoms with E-state index in [-0.39, 0.29) is 23.8 Å². The fraction of sp³-hybridized carbons (Fsp3) is 0.800. The minimum atomic E-state index is -0.308. The van der Waals surface area contributed by atoms with E-state index in [1.54, 1.807) is 16.7 Å². The lowest BCUT2D eigenvalue weighted by Crippen LogP contribution is -2.48. The van der Waals surface area contributed by atoms with E-state index in [0.717, 1.165) is 13.0 Å². The maximum absolute atomic E-state index is 12.7. The van der Waals surface area contributed by atoms with Crippen molar-refractivity contribution in [1.82, 2.24) is 15.1 Å². The predicted molar refractivity (Wildman–Crippen MR) is 94.3 cm³/mol. The average molecular weight is 360 g/mol. The molecule has 2 aliphatic rings. The van der Waals surface area contributed by atoms with Crippen molar-refractivity contribution >= 4 is 41.2 Å². The summed E-state index contributed by atoms with van der Waals surface area (Å²) in [6.07, 6.45) is 3.25. The Labute approximate surface area is 146 Å². The topological polar surface area (TPSA) is 69.7 Å². The Kier molecular flexibility index (Phi) is 7.08. The molecule has 0 spiro atoms. The van der Waals surface area contributed by atoms with Crippen LogP contribution < -0.4 is 5.32 Å². The normalized spacial score (nSPS) is 24.1. The van der Waals surface area contributed by atoms with Gasteiger partial charge in [-0.25, -0.2) is 0 Å². The zero-order valence-electron chi connectivity index (χ0n) is 13.7. The molecule has 0 saturated carbocycles. The van der Waals surface area contributed by atoms with Gasteiger partial charge in [0.2, 0.25) is 17.7 Å². The molecule has 3 amide bonds. The number of rotatable bonds is 6. The summed E-state index contributed by atoms with van der Waals surface area (Å²) in [7, 11) is 0. The Morgan fingerprint density at radius 3 is 2.83 bits per heavy atom. The monoisotopic (exact) mass is 359 g/mol. The van der Waals surface area contributed by atoms with Crippen LogP contribution in [0.25, 0.3) is 0 Å². The highest BCUT2D eigenvalue weighted by Gasteiger charge is 2.38. The van der Waals surface area contributed by atoms with Crippen LogP contribution in [0.3, 0.4) is 0 Å². The highest BCUT2D eigenvalue weighted by Crippen LogP contribution is 2.25. The van der Waals surface area contributed by atoms with Gasteiger partial charge in [-0.2, -0.15) is 11.8 Å². The van der Waals surface area contributed by atoms with Crippen LogP contribution in [-0.4, -0.2) is 76.8 Å². The van der Waals surface area contributed by atoms with Crippen LogP contribution in [0.2, 0.25) is 0 Å². The van der Waals surface area contributed by atoms with Gasteiger partial charge in [0.05, 0.1) is 11.6 Å². The smallest absolute Gasteiger partial charge is 0.246 e. The zero-order valence-corrected chi connectivity index (χ0v) is 15.4. The molecule has 0 bridgehead atoms. The third kappa shape index (κ3) is 4.79. The second kappa shape index (κ2) is 8.82. The molecule has 130 valence electrons. The first-order valence-electron chi connectivity index (χ1n) is 7.98. The Bertz CT molecular complexity index is 461. The van der Waals surface area contributed by atoms with E-state index < -0.39 is 0 Å². The van der Waals surface area contributed by atoms with Gasteiger partial charge in [-0.1, -0.05) is 6.92 Å². The van der Waals surface area contributed by atoms with Crippen molar-refractivity contribution in [3.8, 4) is 0 Å². The predicted octanol–water partition coefficient (Wildman–Crippen LogP) is 0.626. The molecule has 6 nitrogen and oxygen atoms in total. The third-order valence-corrected chi connectivity index (χ3v) is 5.81. The second-order valence-corrected chi connectivity index (χ2v) is 7.77. The number of carbonyl (C=O) groups excluding carboxylic acids is 3. The van der Waals surface area contributed by atoms with Gasteiger partial charge in [0.25, 0.3) is 0 Å². The molecular formula is C15H25N3O3S2. The maximum atomic E-state index is 12.7. The second-order valence-electron chi connectivity index (χ2n) is 5.91. The number of nitrogens with zero attached hydrogens (tertiary/aromatic N) is 2. The molecule has 2 rings (SSSR count). The van der Waals surface area contributed by atoms with Gasteiger partial charge in [0.15, 0.2) is 0 Å². The molecular weight excluding hydrogens is 334 g/mol. The first-order chi connectivity index (χ1) is 11.1. The van der Waals surface area contributed by atoms with Gasteiger partial charge in [-0.05, 0) is 18.6 Å². The lowest BCUT2D eigenvalue weighted by molar-refractivity contribution is -0.142. The molecule has 2 aliphatic heterocycles. The summed E-state index contributed by atoms with van der Waals surface area (Å²) in [6.45, 7) is 3.85. The SMILES string of the molecule is CCC(=O)N1CSC[C@H]1C(=O)N1CC[C@H](CNC(=O)CSC)C1. The number of hydrogen-bond donors (Lipinski definition) is 1. The summed E-state index contributed by atoms with van der Waals surface area (Å²) in [5.74, 6) is 2.26. The molecule has 2 heterocycles. The molecule has 2 atom stereocenters. The maximum Gasteiger partial charge on any atom is 0.246 e. The van der Waals surface area contributed by atoms with E-state index >= 15 is 0 Å².